The van der Waals surface area contributed by atoms with E-state index in [0.717, 1.165) is 24.1 Å². The molecule has 0 bridgehead atoms. The molecule has 0 spiro atoms. The molecule has 29 heavy (non-hydrogen) atoms. The maximum Gasteiger partial charge on any atom is 0.275 e. The van der Waals surface area contributed by atoms with E-state index < -0.39 is 12.3 Å². The van der Waals surface area contributed by atoms with Crippen molar-refractivity contribution in [1.82, 2.24) is 4.57 Å². The summed E-state index contributed by atoms with van der Waals surface area (Å²) in [6, 6.07) is 9.47. The number of alkyl halides is 1. The Bertz CT molecular complexity index is 861. The Labute approximate surface area is 176 Å². The Balaban J connectivity index is 1.79. The highest BCUT2D eigenvalue weighted by atomic mass is 35.5. The van der Waals surface area contributed by atoms with Crippen LogP contribution in [0.2, 0.25) is 5.02 Å². The van der Waals surface area contributed by atoms with Crippen molar-refractivity contribution in [3.8, 4) is 0 Å². The van der Waals surface area contributed by atoms with Gasteiger partial charge in [-0.25, -0.2) is 4.39 Å². The normalized spacial score (nSPS) is 16.2. The number of pyridine rings is 1. The van der Waals surface area contributed by atoms with Crippen LogP contribution in [0.3, 0.4) is 0 Å². The van der Waals surface area contributed by atoms with Gasteiger partial charge >= 0.3 is 0 Å². The van der Waals surface area contributed by atoms with Gasteiger partial charge in [0.2, 0.25) is 0 Å². The van der Waals surface area contributed by atoms with Crippen LogP contribution in [0.4, 0.5) is 15.8 Å². The zero-order valence-corrected chi connectivity index (χ0v) is 17.6. The minimum atomic E-state index is -0.557. The summed E-state index contributed by atoms with van der Waals surface area (Å²) in [7, 11) is 0. The van der Waals surface area contributed by atoms with Gasteiger partial charge in [0, 0.05) is 30.9 Å². The fourth-order valence-electron chi connectivity index (χ4n) is 3.98. The van der Waals surface area contributed by atoms with Crippen molar-refractivity contribution in [1.29, 1.82) is 0 Å². The highest BCUT2D eigenvalue weighted by Crippen LogP contribution is 2.39. The molecule has 0 atom stereocenters. The molecule has 0 aliphatic carbocycles. The molecule has 158 valence electrons. The van der Waals surface area contributed by atoms with Crippen LogP contribution in [-0.2, 0) is 16.9 Å². The van der Waals surface area contributed by atoms with Crippen LogP contribution >= 0.6 is 11.6 Å². The van der Waals surface area contributed by atoms with Gasteiger partial charge in [-0.15, -0.1) is 0 Å². The Morgan fingerprint density at radius 2 is 1.90 bits per heavy atom. The summed E-state index contributed by atoms with van der Waals surface area (Å²) >= 11 is 6.03. The molecule has 0 amide bonds. The van der Waals surface area contributed by atoms with Crippen LogP contribution in [0.25, 0.3) is 0 Å². The molecule has 1 aliphatic heterocycles. The predicted octanol–water partition coefficient (Wildman–Crippen LogP) is 4.37. The zero-order chi connectivity index (χ0) is 20.9. The average molecular weight is 422 g/mol. The van der Waals surface area contributed by atoms with Gasteiger partial charge in [0.15, 0.2) is 0 Å². The van der Waals surface area contributed by atoms with Gasteiger partial charge < -0.3 is 19.9 Å². The molecule has 5 nitrogen and oxygen atoms in total. The molecule has 1 fully saturated rings. The summed E-state index contributed by atoms with van der Waals surface area (Å²) in [5.74, 6) is 0. The van der Waals surface area contributed by atoms with Crippen LogP contribution in [0.15, 0.2) is 41.3 Å². The Hall–Kier alpha value is -2.05. The largest absolute Gasteiger partial charge is 0.393 e. The van der Waals surface area contributed by atoms with Gasteiger partial charge in [0.05, 0.1) is 17.9 Å². The highest BCUT2D eigenvalue weighted by molar-refractivity contribution is 6.30. The third kappa shape index (κ3) is 4.75. The third-order valence-electron chi connectivity index (χ3n) is 5.67. The van der Waals surface area contributed by atoms with Crippen molar-refractivity contribution < 1.29 is 9.13 Å². The van der Waals surface area contributed by atoms with Gasteiger partial charge in [-0.3, -0.25) is 4.79 Å². The maximum atomic E-state index is 12.9. The SMILES string of the molecule is CCCCn1ccc(N2CCC(OCCF)(c3ccc(Cl)cc3)CC2)c(N)c1=O. The van der Waals surface area contributed by atoms with E-state index in [0.29, 0.717) is 37.5 Å². The standard InChI is InChI=1S/C22H29ClFN3O2/c1-2-3-12-27-13-8-19(20(25)21(27)28)26-14-9-22(10-15-26,29-16-11-24)17-4-6-18(23)7-5-17/h4-8,13H,2-3,9-12,14-16,25H2,1H3. The van der Waals surface area contributed by atoms with E-state index in [1.807, 2.05) is 36.5 Å². The molecule has 0 unspecified atom stereocenters. The van der Waals surface area contributed by atoms with Gasteiger partial charge in [0.25, 0.3) is 5.56 Å². The minimum Gasteiger partial charge on any atom is -0.393 e. The average Bonchev–Trinajstić information content (AvgIpc) is 2.74. The summed E-state index contributed by atoms with van der Waals surface area (Å²) < 4.78 is 20.5. The summed E-state index contributed by atoms with van der Waals surface area (Å²) in [5, 5.41) is 0.656. The number of anilines is 2. The van der Waals surface area contributed by atoms with E-state index in [1.165, 1.54) is 0 Å². The number of rotatable bonds is 8. The Morgan fingerprint density at radius 1 is 1.21 bits per heavy atom. The Kier molecular flexibility index (Phi) is 7.19. The molecule has 0 radical (unpaired) electrons. The van der Waals surface area contributed by atoms with E-state index in [4.69, 9.17) is 22.1 Å². The summed E-state index contributed by atoms with van der Waals surface area (Å²) in [6.07, 6.45) is 5.13. The smallest absolute Gasteiger partial charge is 0.275 e. The van der Waals surface area contributed by atoms with Crippen LogP contribution in [0.1, 0.15) is 38.2 Å². The molecule has 2 N–H and O–H groups in total. The summed E-state index contributed by atoms with van der Waals surface area (Å²) in [6.45, 7) is 3.63. The van der Waals surface area contributed by atoms with E-state index in [2.05, 4.69) is 11.8 Å². The number of nitrogens with zero attached hydrogens (tertiary/aromatic N) is 2. The minimum absolute atomic E-state index is 0.0538. The van der Waals surface area contributed by atoms with Crippen molar-refractivity contribution in [3.05, 3.63) is 57.5 Å². The van der Waals surface area contributed by atoms with Crippen molar-refractivity contribution >= 4 is 23.0 Å². The number of piperidine rings is 1. The fourth-order valence-corrected chi connectivity index (χ4v) is 4.10. The van der Waals surface area contributed by atoms with E-state index in [-0.39, 0.29) is 17.9 Å². The third-order valence-corrected chi connectivity index (χ3v) is 5.92. The summed E-state index contributed by atoms with van der Waals surface area (Å²) in [5.41, 5.74) is 7.54. The number of hydrogen-bond acceptors (Lipinski definition) is 4. The topological polar surface area (TPSA) is 60.5 Å². The number of nitrogens with two attached hydrogens (primary N) is 1. The van der Waals surface area contributed by atoms with E-state index >= 15 is 0 Å². The number of aromatic nitrogens is 1. The lowest BCUT2D eigenvalue weighted by Crippen LogP contribution is -2.45. The lowest BCUT2D eigenvalue weighted by molar-refractivity contribution is -0.0715. The molecule has 1 aromatic heterocycles. The second-order valence-corrected chi connectivity index (χ2v) is 7.93. The van der Waals surface area contributed by atoms with Crippen molar-refractivity contribution in [2.24, 2.45) is 0 Å². The van der Waals surface area contributed by atoms with Crippen LogP contribution < -0.4 is 16.2 Å². The monoisotopic (exact) mass is 421 g/mol. The van der Waals surface area contributed by atoms with E-state index in [9.17, 15) is 9.18 Å². The lowest BCUT2D eigenvalue weighted by Gasteiger charge is -2.43. The van der Waals surface area contributed by atoms with E-state index in [1.54, 1.807) is 4.57 Å². The molecule has 3 rings (SSSR count). The quantitative estimate of drug-likeness (QED) is 0.687. The molecule has 0 saturated carbocycles. The lowest BCUT2D eigenvalue weighted by atomic mass is 9.84. The first-order chi connectivity index (χ1) is 14.0. The number of unbranched alkanes of at least 4 members (excludes halogenated alkanes) is 1. The molecule has 7 heteroatoms. The molecule has 1 aromatic carbocycles. The van der Waals surface area contributed by atoms with Crippen molar-refractivity contribution in [3.63, 3.8) is 0 Å². The fraction of sp³-hybridized carbons (Fsp3) is 0.500. The van der Waals surface area contributed by atoms with Crippen molar-refractivity contribution in [2.75, 3.05) is 37.0 Å². The maximum absolute atomic E-state index is 12.9. The number of halogens is 2. The highest BCUT2D eigenvalue weighted by Gasteiger charge is 2.37. The molecular formula is C22H29ClFN3O2. The first-order valence-electron chi connectivity index (χ1n) is 10.2. The number of hydrogen-bond donors (Lipinski definition) is 1. The molecule has 2 heterocycles. The second kappa shape index (κ2) is 9.63. The first kappa shape index (κ1) is 21.7. The Morgan fingerprint density at radius 3 is 2.52 bits per heavy atom. The van der Waals surface area contributed by atoms with Crippen LogP contribution in [0, 0.1) is 0 Å². The second-order valence-electron chi connectivity index (χ2n) is 7.49. The predicted molar refractivity (Wildman–Crippen MR) is 117 cm³/mol. The van der Waals surface area contributed by atoms with Gasteiger partial charge in [-0.1, -0.05) is 37.1 Å². The molecule has 2 aromatic rings. The van der Waals surface area contributed by atoms with Crippen molar-refractivity contribution in [2.45, 2.75) is 44.8 Å². The van der Waals surface area contributed by atoms with Crippen LogP contribution in [-0.4, -0.2) is 30.9 Å². The zero-order valence-electron chi connectivity index (χ0n) is 16.9. The number of benzene rings is 1. The van der Waals surface area contributed by atoms with Gasteiger partial charge in [0.1, 0.15) is 12.4 Å². The number of aryl methyl sites for hydroxylation is 1. The van der Waals surface area contributed by atoms with Gasteiger partial charge in [-0.2, -0.15) is 0 Å². The molecular weight excluding hydrogens is 393 g/mol. The summed E-state index contributed by atoms with van der Waals surface area (Å²) in [4.78, 5) is 14.7. The number of ether oxygens (including phenoxy) is 1. The molecule has 1 saturated heterocycles. The number of nitrogen functional groups attached to an aromatic ring is 1. The van der Waals surface area contributed by atoms with Gasteiger partial charge in [-0.05, 0) is 43.0 Å². The first-order valence-corrected chi connectivity index (χ1v) is 10.6. The molecule has 1 aliphatic rings. The van der Waals surface area contributed by atoms with Crippen LogP contribution in [0.5, 0.6) is 0 Å².